The molecule has 32 heavy (non-hydrogen) atoms. The van der Waals surface area contributed by atoms with Crippen LogP contribution in [0.4, 0.5) is 14.5 Å². The molecular weight excluding hydrogens is 436 g/mol. The molecule has 0 saturated carbocycles. The third kappa shape index (κ3) is 4.20. The summed E-state index contributed by atoms with van der Waals surface area (Å²) in [4.78, 5) is 17.8. The molecule has 4 rings (SSSR count). The molecule has 4 aromatic rings. The molecule has 0 bridgehead atoms. The maximum Gasteiger partial charge on any atom is 0.280 e. The largest absolute Gasteiger partial charge is 0.497 e. The van der Waals surface area contributed by atoms with Crippen molar-refractivity contribution in [2.75, 3.05) is 7.11 Å². The van der Waals surface area contributed by atoms with Gasteiger partial charge < -0.3 is 4.74 Å². The van der Waals surface area contributed by atoms with Crippen molar-refractivity contribution in [3.8, 4) is 22.7 Å². The predicted octanol–water partition coefficient (Wildman–Crippen LogP) is 5.91. The normalized spacial score (nSPS) is 11.6. The van der Waals surface area contributed by atoms with E-state index in [1.54, 1.807) is 44.4 Å². The zero-order valence-electron chi connectivity index (χ0n) is 17.2. The number of rotatable bonds is 5. The first-order valence-electron chi connectivity index (χ1n) is 9.63. The standard InChI is InChI=1S/C24H18ClF2N3O2/c1-14(28-17-7-12-20(25)21(27)13-17)22-23(15-3-10-19(32-2)11-4-15)29-30(24(22)31)18-8-5-16(26)6-9-18/h3-13,29H,1-2H3. The highest BCUT2D eigenvalue weighted by atomic mass is 35.5. The topological polar surface area (TPSA) is 59.4 Å². The summed E-state index contributed by atoms with van der Waals surface area (Å²) in [7, 11) is 1.56. The Kier molecular flexibility index (Phi) is 5.92. The van der Waals surface area contributed by atoms with Gasteiger partial charge in [0.2, 0.25) is 0 Å². The summed E-state index contributed by atoms with van der Waals surface area (Å²) in [5, 5.41) is 3.08. The zero-order chi connectivity index (χ0) is 22.8. The van der Waals surface area contributed by atoms with Gasteiger partial charge in [0.25, 0.3) is 5.56 Å². The van der Waals surface area contributed by atoms with E-state index in [1.807, 2.05) is 0 Å². The minimum Gasteiger partial charge on any atom is -0.497 e. The van der Waals surface area contributed by atoms with Crippen molar-refractivity contribution in [2.24, 2.45) is 4.99 Å². The Morgan fingerprint density at radius 1 is 1.03 bits per heavy atom. The smallest absolute Gasteiger partial charge is 0.280 e. The third-order valence-electron chi connectivity index (χ3n) is 4.92. The fourth-order valence-electron chi connectivity index (χ4n) is 3.32. The predicted molar refractivity (Wildman–Crippen MR) is 122 cm³/mol. The SMILES string of the molecule is COc1ccc(-c2[nH]n(-c3ccc(F)cc3)c(=O)c2C(C)=Nc2ccc(Cl)c(F)c2)cc1. The van der Waals surface area contributed by atoms with E-state index in [2.05, 4.69) is 10.1 Å². The monoisotopic (exact) mass is 453 g/mol. The highest BCUT2D eigenvalue weighted by Crippen LogP contribution is 2.26. The molecule has 1 N–H and O–H groups in total. The van der Waals surface area contributed by atoms with E-state index in [-0.39, 0.29) is 10.6 Å². The highest BCUT2D eigenvalue weighted by Gasteiger charge is 2.20. The van der Waals surface area contributed by atoms with Gasteiger partial charge in [-0.25, -0.2) is 13.5 Å². The molecule has 8 heteroatoms. The summed E-state index contributed by atoms with van der Waals surface area (Å²) >= 11 is 5.75. The second-order valence-corrected chi connectivity index (χ2v) is 7.41. The Morgan fingerprint density at radius 3 is 2.34 bits per heavy atom. The first kappa shape index (κ1) is 21.5. The van der Waals surface area contributed by atoms with Crippen LogP contribution in [0.5, 0.6) is 5.75 Å². The number of aromatic nitrogens is 2. The molecule has 0 fully saturated rings. The van der Waals surface area contributed by atoms with Gasteiger partial charge in [-0.3, -0.25) is 14.9 Å². The van der Waals surface area contributed by atoms with Gasteiger partial charge in [-0.15, -0.1) is 0 Å². The lowest BCUT2D eigenvalue weighted by Crippen LogP contribution is -2.19. The van der Waals surface area contributed by atoms with Gasteiger partial charge >= 0.3 is 0 Å². The fourth-order valence-corrected chi connectivity index (χ4v) is 3.43. The van der Waals surface area contributed by atoms with Crippen molar-refractivity contribution in [1.29, 1.82) is 0 Å². The summed E-state index contributed by atoms with van der Waals surface area (Å²) in [6, 6.07) is 16.8. The minimum absolute atomic E-state index is 0.0131. The molecule has 3 aromatic carbocycles. The van der Waals surface area contributed by atoms with Crippen LogP contribution in [0.25, 0.3) is 16.9 Å². The number of benzene rings is 3. The maximum absolute atomic E-state index is 13.9. The maximum atomic E-state index is 13.9. The number of aromatic amines is 1. The van der Waals surface area contributed by atoms with Crippen molar-refractivity contribution < 1.29 is 13.5 Å². The molecule has 0 aliphatic rings. The quantitative estimate of drug-likeness (QED) is 0.382. The molecule has 0 spiro atoms. The Balaban J connectivity index is 1.90. The average Bonchev–Trinajstić information content (AvgIpc) is 3.14. The molecule has 1 aromatic heterocycles. The molecule has 0 atom stereocenters. The second kappa shape index (κ2) is 8.80. The number of ether oxygens (including phenoxy) is 1. The molecule has 0 saturated heterocycles. The van der Waals surface area contributed by atoms with Crippen LogP contribution >= 0.6 is 11.6 Å². The molecule has 0 aliphatic heterocycles. The lowest BCUT2D eigenvalue weighted by Gasteiger charge is -2.05. The second-order valence-electron chi connectivity index (χ2n) is 7.00. The van der Waals surface area contributed by atoms with Crippen molar-refractivity contribution >= 4 is 23.0 Å². The van der Waals surface area contributed by atoms with E-state index in [1.165, 1.54) is 41.1 Å². The Hall–Kier alpha value is -3.71. The Labute approximate surface area is 187 Å². The van der Waals surface area contributed by atoms with Gasteiger partial charge in [0.15, 0.2) is 0 Å². The molecule has 5 nitrogen and oxygen atoms in total. The first-order chi connectivity index (χ1) is 15.4. The Bertz CT molecular complexity index is 1360. The van der Waals surface area contributed by atoms with E-state index in [0.717, 1.165) is 5.56 Å². The fraction of sp³-hybridized carbons (Fsp3) is 0.0833. The summed E-state index contributed by atoms with van der Waals surface area (Å²) in [6.07, 6.45) is 0. The van der Waals surface area contributed by atoms with Crippen LogP contribution in [0.3, 0.4) is 0 Å². The summed E-state index contributed by atoms with van der Waals surface area (Å²) in [6.45, 7) is 1.67. The van der Waals surface area contributed by atoms with Gasteiger partial charge in [-0.2, -0.15) is 0 Å². The Morgan fingerprint density at radius 2 is 1.72 bits per heavy atom. The molecule has 1 heterocycles. The number of hydrogen-bond acceptors (Lipinski definition) is 3. The number of nitrogens with one attached hydrogen (secondary N) is 1. The lowest BCUT2D eigenvalue weighted by molar-refractivity contribution is 0.415. The number of nitrogens with zero attached hydrogens (tertiary/aromatic N) is 2. The number of methoxy groups -OCH3 is 1. The van der Waals surface area contributed by atoms with E-state index < -0.39 is 11.6 Å². The van der Waals surface area contributed by atoms with E-state index in [0.29, 0.717) is 34.1 Å². The number of hydrogen-bond donors (Lipinski definition) is 1. The van der Waals surface area contributed by atoms with E-state index >= 15 is 0 Å². The molecule has 0 amide bonds. The van der Waals surface area contributed by atoms with Crippen LogP contribution in [-0.2, 0) is 0 Å². The van der Waals surface area contributed by atoms with Gasteiger partial charge in [-0.1, -0.05) is 11.6 Å². The van der Waals surface area contributed by atoms with Crippen molar-refractivity contribution in [2.45, 2.75) is 6.92 Å². The van der Waals surface area contributed by atoms with Crippen molar-refractivity contribution in [3.05, 3.63) is 99.3 Å². The lowest BCUT2D eigenvalue weighted by atomic mass is 10.0. The molecule has 0 radical (unpaired) electrons. The zero-order valence-corrected chi connectivity index (χ0v) is 18.0. The minimum atomic E-state index is -0.603. The van der Waals surface area contributed by atoms with Crippen molar-refractivity contribution in [1.82, 2.24) is 9.78 Å². The average molecular weight is 454 g/mol. The highest BCUT2D eigenvalue weighted by molar-refractivity contribution is 6.30. The summed E-state index contributed by atoms with van der Waals surface area (Å²) in [5.41, 5.74) is 2.31. The number of aliphatic imine (C=N–C) groups is 1. The van der Waals surface area contributed by atoms with Crippen molar-refractivity contribution in [3.63, 3.8) is 0 Å². The van der Waals surface area contributed by atoms with E-state index in [4.69, 9.17) is 16.3 Å². The van der Waals surface area contributed by atoms with Gasteiger partial charge in [0.05, 0.1) is 40.5 Å². The third-order valence-corrected chi connectivity index (χ3v) is 5.22. The van der Waals surface area contributed by atoms with Crippen LogP contribution in [0.15, 0.2) is 76.5 Å². The van der Waals surface area contributed by atoms with Crippen LogP contribution in [-0.4, -0.2) is 22.6 Å². The van der Waals surface area contributed by atoms with Gasteiger partial charge in [0, 0.05) is 11.6 Å². The van der Waals surface area contributed by atoms with Crippen LogP contribution in [0, 0.1) is 11.6 Å². The van der Waals surface area contributed by atoms with Gasteiger partial charge in [-0.05, 0) is 67.6 Å². The number of H-pyrrole nitrogens is 1. The first-order valence-corrected chi connectivity index (χ1v) is 10.0. The van der Waals surface area contributed by atoms with Crippen LogP contribution in [0.2, 0.25) is 5.02 Å². The number of halogens is 3. The van der Waals surface area contributed by atoms with Gasteiger partial charge in [0.1, 0.15) is 17.4 Å². The molecular formula is C24H18ClF2N3O2. The summed E-state index contributed by atoms with van der Waals surface area (Å²) in [5.74, 6) is -0.349. The van der Waals surface area contributed by atoms with Crippen LogP contribution in [0.1, 0.15) is 12.5 Å². The molecule has 162 valence electrons. The molecule has 0 aliphatic carbocycles. The van der Waals surface area contributed by atoms with Crippen LogP contribution < -0.4 is 10.3 Å². The molecule has 0 unspecified atom stereocenters. The summed E-state index contributed by atoms with van der Waals surface area (Å²) < 4.78 is 33.8. The van der Waals surface area contributed by atoms with E-state index in [9.17, 15) is 13.6 Å².